The molecule has 0 unspecified atom stereocenters. The lowest BCUT2D eigenvalue weighted by atomic mass is 10.1. The number of carbonyl (C=O) groups is 2. The van der Waals surface area contributed by atoms with Gasteiger partial charge < -0.3 is 10.6 Å². The molecule has 2 aromatic heterocycles. The van der Waals surface area contributed by atoms with Crippen LogP contribution in [0, 0.1) is 0 Å². The third-order valence-electron chi connectivity index (χ3n) is 4.59. The summed E-state index contributed by atoms with van der Waals surface area (Å²) in [6.45, 7) is 0. The minimum absolute atomic E-state index is 0.106. The van der Waals surface area contributed by atoms with Gasteiger partial charge in [-0.25, -0.2) is 0 Å². The molecule has 2 heterocycles. The first-order valence-corrected chi connectivity index (χ1v) is 9.67. The fourth-order valence-corrected chi connectivity index (χ4v) is 3.02. The molecule has 2 aromatic carbocycles. The molecule has 4 aromatic rings. The van der Waals surface area contributed by atoms with Crippen molar-refractivity contribution in [3.63, 3.8) is 0 Å². The van der Waals surface area contributed by atoms with Crippen molar-refractivity contribution in [2.75, 3.05) is 10.6 Å². The van der Waals surface area contributed by atoms with Crippen LogP contribution < -0.4 is 10.6 Å². The van der Waals surface area contributed by atoms with E-state index < -0.39 is 18.0 Å². The van der Waals surface area contributed by atoms with E-state index in [9.17, 15) is 22.8 Å². The highest BCUT2D eigenvalue weighted by atomic mass is 19.4. The molecule has 0 fully saturated rings. The van der Waals surface area contributed by atoms with Crippen LogP contribution in [-0.4, -0.2) is 32.8 Å². The van der Waals surface area contributed by atoms with Crippen LogP contribution in [0.15, 0.2) is 85.2 Å². The second-order valence-corrected chi connectivity index (χ2v) is 6.86. The number of nitrogens with one attached hydrogen (secondary N) is 2. The number of para-hydroxylation sites is 2. The van der Waals surface area contributed by atoms with Gasteiger partial charge in [-0.2, -0.15) is 23.0 Å². The van der Waals surface area contributed by atoms with Gasteiger partial charge in [0.15, 0.2) is 0 Å². The number of rotatable bonds is 5. The van der Waals surface area contributed by atoms with Crippen LogP contribution in [0.4, 0.5) is 30.4 Å². The number of hydrogen-bond donors (Lipinski definition) is 2. The normalized spacial score (nSPS) is 11.1. The molecule has 7 nitrogen and oxygen atoms in total. The molecule has 0 aliphatic rings. The van der Waals surface area contributed by atoms with E-state index in [1.807, 2.05) is 35.6 Å². The predicted octanol–water partition coefficient (Wildman–Crippen LogP) is 4.88. The molecule has 0 radical (unpaired) electrons. The van der Waals surface area contributed by atoms with E-state index in [0.717, 1.165) is 10.2 Å². The molecule has 0 bridgehead atoms. The minimum atomic E-state index is -5.05. The summed E-state index contributed by atoms with van der Waals surface area (Å²) in [5, 5.41) is 9.16. The van der Waals surface area contributed by atoms with Gasteiger partial charge in [0.25, 0.3) is 5.91 Å². The third-order valence-corrected chi connectivity index (χ3v) is 4.59. The second-order valence-electron chi connectivity index (χ2n) is 6.86. The Labute approximate surface area is 185 Å². The van der Waals surface area contributed by atoms with Crippen LogP contribution in [0.3, 0.4) is 0 Å². The number of amides is 1. The zero-order valence-corrected chi connectivity index (χ0v) is 16.9. The summed E-state index contributed by atoms with van der Waals surface area (Å²) in [7, 11) is 0. The van der Waals surface area contributed by atoms with E-state index in [4.69, 9.17) is 0 Å². The topological polar surface area (TPSA) is 88.9 Å². The van der Waals surface area contributed by atoms with Crippen LogP contribution in [0.5, 0.6) is 0 Å². The Morgan fingerprint density at radius 2 is 1.48 bits per heavy atom. The van der Waals surface area contributed by atoms with Crippen LogP contribution in [0.1, 0.15) is 10.4 Å². The number of halogens is 3. The molecule has 1 amide bonds. The van der Waals surface area contributed by atoms with E-state index in [1.54, 1.807) is 12.1 Å². The Morgan fingerprint density at radius 1 is 0.848 bits per heavy atom. The maximum atomic E-state index is 13.1. The molecule has 0 atom stereocenters. The maximum absolute atomic E-state index is 13.1. The molecule has 33 heavy (non-hydrogen) atoms. The molecule has 10 heteroatoms. The van der Waals surface area contributed by atoms with Gasteiger partial charge in [-0.15, -0.1) is 0 Å². The molecule has 0 saturated carbocycles. The van der Waals surface area contributed by atoms with Gasteiger partial charge in [0.2, 0.25) is 0 Å². The molecule has 2 N–H and O–H groups in total. The predicted molar refractivity (Wildman–Crippen MR) is 116 cm³/mol. The first kappa shape index (κ1) is 21.8. The van der Waals surface area contributed by atoms with Crippen molar-refractivity contribution in [2.45, 2.75) is 6.18 Å². The first-order valence-electron chi connectivity index (χ1n) is 9.67. The van der Waals surface area contributed by atoms with E-state index in [2.05, 4.69) is 15.4 Å². The van der Waals surface area contributed by atoms with E-state index in [-0.39, 0.29) is 17.2 Å². The van der Waals surface area contributed by atoms with Crippen molar-refractivity contribution in [3.05, 3.63) is 90.8 Å². The average Bonchev–Trinajstić information content (AvgIpc) is 3.24. The average molecular weight is 451 g/mol. The summed E-state index contributed by atoms with van der Waals surface area (Å²) in [5.41, 5.74) is 1.57. The summed E-state index contributed by atoms with van der Waals surface area (Å²) < 4.78 is 39.3. The van der Waals surface area contributed by atoms with Gasteiger partial charge >= 0.3 is 12.1 Å². The quantitative estimate of drug-likeness (QED) is 0.452. The molecular formula is C23H16F3N5O2. The highest BCUT2D eigenvalue weighted by Gasteiger charge is 2.39. The standard InChI is InChI=1S/C23H16F3N5O2/c24-23(25,26)22(33)29-18-9-5-4-8-17(18)28-20-14-19(15-6-2-1-3-7-15)30-31(20)21(32)16-10-12-27-13-11-16/h1-14,28H,(H,29,33). The molecule has 4 rings (SSSR count). The summed E-state index contributed by atoms with van der Waals surface area (Å²) in [6, 6.07) is 19.6. The lowest BCUT2D eigenvalue weighted by molar-refractivity contribution is -0.167. The van der Waals surface area contributed by atoms with Crippen LogP contribution in [0.25, 0.3) is 11.3 Å². The number of anilines is 3. The number of alkyl halides is 3. The van der Waals surface area contributed by atoms with Gasteiger partial charge in [0.1, 0.15) is 5.82 Å². The molecule has 0 saturated heterocycles. The van der Waals surface area contributed by atoms with Crippen LogP contribution >= 0.6 is 0 Å². The maximum Gasteiger partial charge on any atom is 0.471 e. The summed E-state index contributed by atoms with van der Waals surface area (Å²) >= 11 is 0. The van der Waals surface area contributed by atoms with Crippen molar-refractivity contribution >= 4 is 29.0 Å². The summed E-state index contributed by atoms with van der Waals surface area (Å²) in [4.78, 5) is 28.5. The van der Waals surface area contributed by atoms with E-state index >= 15 is 0 Å². The summed E-state index contributed by atoms with van der Waals surface area (Å²) in [5.74, 6) is -2.38. The van der Waals surface area contributed by atoms with Crippen molar-refractivity contribution in [3.8, 4) is 11.3 Å². The zero-order valence-electron chi connectivity index (χ0n) is 16.9. The fourth-order valence-electron chi connectivity index (χ4n) is 3.02. The Bertz CT molecular complexity index is 1290. The van der Waals surface area contributed by atoms with Crippen molar-refractivity contribution in [1.82, 2.24) is 14.8 Å². The van der Waals surface area contributed by atoms with E-state index in [0.29, 0.717) is 11.3 Å². The Hall–Kier alpha value is -4.47. The Balaban J connectivity index is 1.74. The second kappa shape index (κ2) is 8.95. The zero-order chi connectivity index (χ0) is 23.4. The summed E-state index contributed by atoms with van der Waals surface area (Å²) in [6.07, 6.45) is -2.12. The van der Waals surface area contributed by atoms with Crippen molar-refractivity contribution < 1.29 is 22.8 Å². The first-order chi connectivity index (χ1) is 15.8. The number of benzene rings is 2. The van der Waals surface area contributed by atoms with Crippen molar-refractivity contribution in [2.24, 2.45) is 0 Å². The molecule has 0 aliphatic carbocycles. The Morgan fingerprint density at radius 3 is 2.15 bits per heavy atom. The van der Waals surface area contributed by atoms with Crippen LogP contribution in [-0.2, 0) is 4.79 Å². The van der Waals surface area contributed by atoms with Crippen LogP contribution in [0.2, 0.25) is 0 Å². The molecule has 166 valence electrons. The van der Waals surface area contributed by atoms with Gasteiger partial charge in [-0.05, 0) is 24.3 Å². The van der Waals surface area contributed by atoms with E-state index in [1.165, 1.54) is 42.7 Å². The lowest BCUT2D eigenvalue weighted by Gasteiger charge is -2.14. The number of pyridine rings is 1. The van der Waals surface area contributed by atoms with Gasteiger partial charge in [0, 0.05) is 29.6 Å². The SMILES string of the molecule is O=C(c1ccncc1)n1nc(-c2ccccc2)cc1Nc1ccccc1NC(=O)C(F)(F)F. The number of aromatic nitrogens is 3. The number of nitrogens with zero attached hydrogens (tertiary/aromatic N) is 3. The highest BCUT2D eigenvalue weighted by molar-refractivity contribution is 6.00. The van der Waals surface area contributed by atoms with Gasteiger partial charge in [-0.1, -0.05) is 42.5 Å². The van der Waals surface area contributed by atoms with Gasteiger partial charge in [0.05, 0.1) is 17.1 Å². The van der Waals surface area contributed by atoms with Gasteiger partial charge in [-0.3, -0.25) is 14.6 Å². The lowest BCUT2D eigenvalue weighted by Crippen LogP contribution is -2.30. The minimum Gasteiger partial charge on any atom is -0.338 e. The third kappa shape index (κ3) is 4.90. The highest BCUT2D eigenvalue weighted by Crippen LogP contribution is 2.30. The largest absolute Gasteiger partial charge is 0.471 e. The molecule has 0 aliphatic heterocycles. The molecule has 0 spiro atoms. The smallest absolute Gasteiger partial charge is 0.338 e. The monoisotopic (exact) mass is 451 g/mol. The van der Waals surface area contributed by atoms with Crippen molar-refractivity contribution in [1.29, 1.82) is 0 Å². The fraction of sp³-hybridized carbons (Fsp3) is 0.0435. The Kier molecular flexibility index (Phi) is 5.90. The number of carbonyl (C=O) groups excluding carboxylic acids is 2. The molecular weight excluding hydrogens is 435 g/mol. The number of hydrogen-bond acceptors (Lipinski definition) is 5.